The van der Waals surface area contributed by atoms with Gasteiger partial charge in [-0.25, -0.2) is 9.59 Å². The van der Waals surface area contributed by atoms with Gasteiger partial charge in [0.05, 0.1) is 30.1 Å². The van der Waals surface area contributed by atoms with Crippen LogP contribution in [0.2, 0.25) is 0 Å². The molecule has 0 saturated heterocycles. The maximum Gasteiger partial charge on any atom is 0.435 e. The first-order chi connectivity index (χ1) is 16.8. The quantitative estimate of drug-likeness (QED) is 0.511. The van der Waals surface area contributed by atoms with Gasteiger partial charge < -0.3 is 24.6 Å². The van der Waals surface area contributed by atoms with E-state index in [1.165, 1.54) is 4.68 Å². The van der Waals surface area contributed by atoms with E-state index in [0.29, 0.717) is 17.0 Å². The molecule has 0 saturated carbocycles. The Kier molecular flexibility index (Phi) is 7.88. The zero-order valence-corrected chi connectivity index (χ0v) is 21.8. The smallest absolute Gasteiger partial charge is 0.435 e. The molecule has 2 N–H and O–H groups in total. The van der Waals surface area contributed by atoms with E-state index in [-0.39, 0.29) is 13.2 Å². The molecule has 10 nitrogen and oxygen atoms in total. The number of aryl methyl sites for hydroxylation is 1. The second kappa shape index (κ2) is 10.5. The van der Waals surface area contributed by atoms with E-state index in [1.54, 1.807) is 53.9 Å². The van der Waals surface area contributed by atoms with Gasteiger partial charge in [0.2, 0.25) is 0 Å². The van der Waals surface area contributed by atoms with Crippen LogP contribution >= 0.6 is 0 Å². The molecule has 0 aliphatic carbocycles. The van der Waals surface area contributed by atoms with E-state index < -0.39 is 29.4 Å². The summed E-state index contributed by atoms with van der Waals surface area (Å²) in [4.78, 5) is 28.8. The van der Waals surface area contributed by atoms with Crippen molar-refractivity contribution < 1.29 is 28.9 Å². The van der Waals surface area contributed by atoms with Crippen molar-refractivity contribution in [2.45, 2.75) is 65.7 Å². The van der Waals surface area contributed by atoms with E-state index >= 15 is 0 Å². The normalized spacial score (nSPS) is 12.8. The Balaban J connectivity index is 1.75. The summed E-state index contributed by atoms with van der Waals surface area (Å²) >= 11 is 0. The number of alkyl carbamates (subject to hydrolysis) is 1. The van der Waals surface area contributed by atoms with Crippen LogP contribution in [-0.4, -0.2) is 62.5 Å². The third-order valence-corrected chi connectivity index (χ3v) is 4.87. The van der Waals surface area contributed by atoms with Crippen LogP contribution in [0.4, 0.5) is 9.59 Å². The van der Waals surface area contributed by atoms with Crippen molar-refractivity contribution in [1.29, 1.82) is 0 Å². The molecule has 0 unspecified atom stereocenters. The number of aliphatic hydroxyl groups excluding tert-OH is 1. The van der Waals surface area contributed by atoms with Gasteiger partial charge in [-0.3, -0.25) is 4.98 Å². The van der Waals surface area contributed by atoms with Gasteiger partial charge in [0.25, 0.3) is 0 Å². The van der Waals surface area contributed by atoms with E-state index in [1.807, 2.05) is 31.2 Å². The summed E-state index contributed by atoms with van der Waals surface area (Å²) in [5, 5.41) is 17.4. The number of benzene rings is 1. The predicted octanol–water partition coefficient (Wildman–Crippen LogP) is 4.45. The molecule has 0 aliphatic heterocycles. The number of rotatable bonds is 6. The number of amides is 1. The molecule has 1 aromatic carbocycles. The summed E-state index contributed by atoms with van der Waals surface area (Å²) in [6.07, 6.45) is 2.08. The summed E-state index contributed by atoms with van der Waals surface area (Å²) in [6.45, 7) is 12.2. The molecule has 10 heteroatoms. The number of nitrogens with one attached hydrogen (secondary N) is 1. The molecule has 194 valence electrons. The molecular weight excluding hydrogens is 464 g/mol. The van der Waals surface area contributed by atoms with Gasteiger partial charge in [0, 0.05) is 17.1 Å². The molecule has 0 aliphatic rings. The summed E-state index contributed by atoms with van der Waals surface area (Å²) in [7, 11) is 0. The van der Waals surface area contributed by atoms with Crippen molar-refractivity contribution in [3.05, 3.63) is 42.4 Å². The predicted molar refractivity (Wildman–Crippen MR) is 135 cm³/mol. The molecule has 0 bridgehead atoms. The lowest BCUT2D eigenvalue weighted by atomic mass is 10.0. The lowest BCUT2D eigenvalue weighted by molar-refractivity contribution is 0.0456. The molecule has 36 heavy (non-hydrogen) atoms. The zero-order valence-electron chi connectivity index (χ0n) is 21.8. The van der Waals surface area contributed by atoms with Gasteiger partial charge in [-0.05, 0) is 72.2 Å². The standard InChI is InChI=1S/C26H34N4O6/c1-16-21-11-17(8-9-22(21)30(29-16)24(33)36-26(5,6)7)18-10-20(13-27-12-18)34-15-19(14-31)28-23(32)35-25(2,3)4/h8-13,19,31H,14-15H2,1-7H3,(H,28,32)/t19-/m0/s1. The van der Waals surface area contributed by atoms with Crippen molar-refractivity contribution in [2.75, 3.05) is 13.2 Å². The summed E-state index contributed by atoms with van der Waals surface area (Å²) in [5.74, 6) is 0.471. The fourth-order valence-corrected chi connectivity index (χ4v) is 3.36. The van der Waals surface area contributed by atoms with Gasteiger partial charge in [0.15, 0.2) is 0 Å². The number of fused-ring (bicyclic) bond motifs is 1. The Labute approximate surface area is 210 Å². The molecule has 1 atom stereocenters. The van der Waals surface area contributed by atoms with Crippen molar-refractivity contribution in [1.82, 2.24) is 20.1 Å². The highest BCUT2D eigenvalue weighted by atomic mass is 16.6. The van der Waals surface area contributed by atoms with Gasteiger partial charge in [0.1, 0.15) is 23.6 Å². The topological polar surface area (TPSA) is 125 Å². The molecule has 3 rings (SSSR count). The molecule has 0 fully saturated rings. The lowest BCUT2D eigenvalue weighted by Gasteiger charge is -2.22. The number of nitrogens with zero attached hydrogens (tertiary/aromatic N) is 3. The number of carbonyl (C=O) groups is 2. The molecule has 0 radical (unpaired) electrons. The van der Waals surface area contributed by atoms with E-state index in [2.05, 4.69) is 15.4 Å². The van der Waals surface area contributed by atoms with Crippen molar-refractivity contribution in [3.8, 4) is 16.9 Å². The Morgan fingerprint density at radius 2 is 1.72 bits per heavy atom. The maximum absolute atomic E-state index is 12.6. The number of hydrogen-bond acceptors (Lipinski definition) is 8. The molecule has 2 heterocycles. The summed E-state index contributed by atoms with van der Waals surface area (Å²) in [6, 6.07) is 6.77. The summed E-state index contributed by atoms with van der Waals surface area (Å²) in [5.41, 5.74) is 1.71. The van der Waals surface area contributed by atoms with Crippen LogP contribution in [0, 0.1) is 6.92 Å². The second-order valence-corrected chi connectivity index (χ2v) is 10.5. The third kappa shape index (κ3) is 7.17. The molecule has 3 aromatic rings. The number of aliphatic hydroxyl groups is 1. The number of pyridine rings is 1. The highest BCUT2D eigenvalue weighted by molar-refractivity contribution is 5.92. The van der Waals surface area contributed by atoms with Crippen LogP contribution in [-0.2, 0) is 9.47 Å². The van der Waals surface area contributed by atoms with Gasteiger partial charge in [-0.15, -0.1) is 0 Å². The largest absolute Gasteiger partial charge is 0.490 e. The van der Waals surface area contributed by atoms with Gasteiger partial charge in [-0.2, -0.15) is 9.78 Å². The average molecular weight is 499 g/mol. The number of carbonyl (C=O) groups excluding carboxylic acids is 2. The van der Waals surface area contributed by atoms with Crippen LogP contribution in [0.5, 0.6) is 5.75 Å². The molecule has 1 amide bonds. The van der Waals surface area contributed by atoms with Crippen LogP contribution in [0.1, 0.15) is 47.2 Å². The first-order valence-electron chi connectivity index (χ1n) is 11.7. The molecular formula is C26H34N4O6. The third-order valence-electron chi connectivity index (χ3n) is 4.87. The Hall–Kier alpha value is -3.66. The highest BCUT2D eigenvalue weighted by Crippen LogP contribution is 2.28. The monoisotopic (exact) mass is 498 g/mol. The molecule has 0 spiro atoms. The first-order valence-corrected chi connectivity index (χ1v) is 11.7. The van der Waals surface area contributed by atoms with Crippen LogP contribution in [0.25, 0.3) is 22.0 Å². The minimum absolute atomic E-state index is 0.0294. The Morgan fingerprint density at radius 1 is 1.03 bits per heavy atom. The Morgan fingerprint density at radius 3 is 2.36 bits per heavy atom. The second-order valence-electron chi connectivity index (χ2n) is 10.5. The van der Waals surface area contributed by atoms with Gasteiger partial charge in [-0.1, -0.05) is 6.07 Å². The minimum atomic E-state index is -0.652. The van der Waals surface area contributed by atoms with Crippen molar-refractivity contribution in [3.63, 3.8) is 0 Å². The highest BCUT2D eigenvalue weighted by Gasteiger charge is 2.22. The van der Waals surface area contributed by atoms with E-state index in [0.717, 1.165) is 16.5 Å². The van der Waals surface area contributed by atoms with Gasteiger partial charge >= 0.3 is 12.2 Å². The fraction of sp³-hybridized carbons (Fsp3) is 0.462. The lowest BCUT2D eigenvalue weighted by Crippen LogP contribution is -2.44. The Bertz CT molecular complexity index is 1240. The maximum atomic E-state index is 12.6. The zero-order chi connectivity index (χ0) is 26.7. The number of ether oxygens (including phenoxy) is 3. The SMILES string of the molecule is Cc1nn(C(=O)OC(C)(C)C)c2ccc(-c3cncc(OC[C@H](CO)NC(=O)OC(C)(C)C)c3)cc12. The van der Waals surface area contributed by atoms with Crippen LogP contribution in [0.3, 0.4) is 0 Å². The fourth-order valence-electron chi connectivity index (χ4n) is 3.36. The average Bonchev–Trinajstić information content (AvgIpc) is 3.10. The molecule has 2 aromatic heterocycles. The van der Waals surface area contributed by atoms with Crippen LogP contribution in [0.15, 0.2) is 36.7 Å². The number of hydrogen-bond donors (Lipinski definition) is 2. The van der Waals surface area contributed by atoms with Crippen molar-refractivity contribution >= 4 is 23.1 Å². The summed E-state index contributed by atoms with van der Waals surface area (Å²) < 4.78 is 17.7. The minimum Gasteiger partial charge on any atom is -0.490 e. The van der Waals surface area contributed by atoms with E-state index in [4.69, 9.17) is 14.2 Å². The van der Waals surface area contributed by atoms with Crippen LogP contribution < -0.4 is 10.1 Å². The number of aromatic nitrogens is 3. The van der Waals surface area contributed by atoms with Crippen molar-refractivity contribution in [2.24, 2.45) is 0 Å². The first kappa shape index (κ1) is 26.9. The van der Waals surface area contributed by atoms with E-state index in [9.17, 15) is 14.7 Å².